The van der Waals surface area contributed by atoms with E-state index in [1.54, 1.807) is 22.8 Å². The van der Waals surface area contributed by atoms with Crippen molar-refractivity contribution in [1.82, 2.24) is 4.90 Å². The molecule has 38 heavy (non-hydrogen) atoms. The van der Waals surface area contributed by atoms with Gasteiger partial charge in [0.2, 0.25) is 5.91 Å². The number of ether oxygens (including phenoxy) is 2. The van der Waals surface area contributed by atoms with E-state index in [9.17, 15) is 19.5 Å². The maximum atomic E-state index is 14.7. The summed E-state index contributed by atoms with van der Waals surface area (Å²) in [6.45, 7) is 15.5. The van der Waals surface area contributed by atoms with E-state index in [-0.39, 0.29) is 37.5 Å². The molecule has 2 amide bonds. The SMILES string of the molecule is C=CCN(C(=O)C1N([C@@H](CO)[C@@H](C)CC)C(=O)[C@@H]2[C@@H](C(=O)OCC)[C@@]3(C)CCC12O3)c1cc(C)ccc1C. The van der Waals surface area contributed by atoms with Gasteiger partial charge in [-0.2, -0.15) is 0 Å². The van der Waals surface area contributed by atoms with Gasteiger partial charge >= 0.3 is 5.97 Å². The largest absolute Gasteiger partial charge is 0.466 e. The lowest BCUT2D eigenvalue weighted by atomic mass is 9.66. The highest BCUT2D eigenvalue weighted by Crippen LogP contribution is 2.64. The second-order valence-corrected chi connectivity index (χ2v) is 11.4. The zero-order valence-electron chi connectivity index (χ0n) is 23.5. The topological polar surface area (TPSA) is 96.4 Å². The summed E-state index contributed by atoms with van der Waals surface area (Å²) in [5.41, 5.74) is 0.586. The first kappa shape index (κ1) is 28.3. The lowest BCUT2D eigenvalue weighted by molar-refractivity contribution is -0.160. The van der Waals surface area contributed by atoms with Crippen LogP contribution < -0.4 is 4.90 Å². The van der Waals surface area contributed by atoms with Gasteiger partial charge in [-0.15, -0.1) is 6.58 Å². The Hall–Kier alpha value is -2.71. The van der Waals surface area contributed by atoms with Crippen LogP contribution in [0.25, 0.3) is 0 Å². The minimum absolute atomic E-state index is 0.0723. The molecule has 1 N–H and O–H groups in total. The van der Waals surface area contributed by atoms with E-state index < -0.39 is 41.1 Å². The summed E-state index contributed by atoms with van der Waals surface area (Å²) in [7, 11) is 0. The molecule has 2 bridgehead atoms. The van der Waals surface area contributed by atoms with Gasteiger partial charge in [0.1, 0.15) is 17.6 Å². The number of hydrogen-bond donors (Lipinski definition) is 1. The molecule has 0 aromatic heterocycles. The Kier molecular flexibility index (Phi) is 7.79. The van der Waals surface area contributed by atoms with Crippen molar-refractivity contribution in [1.29, 1.82) is 0 Å². The number of carbonyl (C=O) groups excluding carboxylic acids is 3. The maximum Gasteiger partial charge on any atom is 0.312 e. The number of carbonyl (C=O) groups is 3. The Labute approximate surface area is 226 Å². The summed E-state index contributed by atoms with van der Waals surface area (Å²) >= 11 is 0. The summed E-state index contributed by atoms with van der Waals surface area (Å²) in [6.07, 6.45) is 3.39. The molecule has 0 aliphatic carbocycles. The van der Waals surface area contributed by atoms with Crippen molar-refractivity contribution < 1.29 is 29.0 Å². The van der Waals surface area contributed by atoms with E-state index in [1.165, 1.54) is 0 Å². The average molecular weight is 527 g/mol. The van der Waals surface area contributed by atoms with Gasteiger partial charge in [-0.1, -0.05) is 38.5 Å². The van der Waals surface area contributed by atoms with Crippen molar-refractivity contribution in [3.63, 3.8) is 0 Å². The fraction of sp³-hybridized carbons (Fsp3) is 0.633. The molecule has 4 rings (SSSR count). The number of hydrogen-bond acceptors (Lipinski definition) is 6. The van der Waals surface area contributed by atoms with Gasteiger partial charge in [0.15, 0.2) is 0 Å². The number of rotatable bonds is 10. The predicted octanol–water partition coefficient (Wildman–Crippen LogP) is 3.56. The summed E-state index contributed by atoms with van der Waals surface area (Å²) in [5, 5.41) is 10.5. The van der Waals surface area contributed by atoms with Crippen LogP contribution in [0, 0.1) is 31.6 Å². The second kappa shape index (κ2) is 10.5. The summed E-state index contributed by atoms with van der Waals surface area (Å²) in [6, 6.07) is 4.34. The van der Waals surface area contributed by atoms with Gasteiger partial charge in [0.05, 0.1) is 30.8 Å². The molecule has 8 heteroatoms. The van der Waals surface area contributed by atoms with Crippen LogP contribution in [0.2, 0.25) is 0 Å². The molecule has 3 aliphatic rings. The fourth-order valence-electron chi connectivity index (χ4n) is 7.00. The molecule has 8 nitrogen and oxygen atoms in total. The molecule has 3 heterocycles. The highest BCUT2D eigenvalue weighted by atomic mass is 16.6. The first-order valence-corrected chi connectivity index (χ1v) is 13.8. The van der Waals surface area contributed by atoms with E-state index >= 15 is 0 Å². The van der Waals surface area contributed by atoms with Crippen LogP contribution in [0.3, 0.4) is 0 Å². The molecular weight excluding hydrogens is 484 g/mol. The highest BCUT2D eigenvalue weighted by Gasteiger charge is 2.79. The number of aliphatic hydroxyl groups is 1. The normalized spacial score (nSPS) is 31.2. The molecule has 3 fully saturated rings. The number of anilines is 1. The predicted molar refractivity (Wildman–Crippen MR) is 144 cm³/mol. The van der Waals surface area contributed by atoms with Crippen LogP contribution >= 0.6 is 0 Å². The molecule has 0 radical (unpaired) electrons. The Morgan fingerprint density at radius 3 is 2.63 bits per heavy atom. The molecule has 1 aromatic rings. The minimum Gasteiger partial charge on any atom is -0.466 e. The van der Waals surface area contributed by atoms with Crippen molar-refractivity contribution in [2.75, 3.05) is 24.7 Å². The molecule has 3 aliphatic heterocycles. The van der Waals surface area contributed by atoms with Gasteiger partial charge < -0.3 is 24.4 Å². The third-order valence-electron chi connectivity index (χ3n) is 9.07. The van der Waals surface area contributed by atoms with Crippen molar-refractivity contribution in [2.24, 2.45) is 17.8 Å². The Bertz CT molecular complexity index is 1120. The van der Waals surface area contributed by atoms with Gasteiger partial charge in [-0.05, 0) is 63.6 Å². The second-order valence-electron chi connectivity index (χ2n) is 11.4. The number of aryl methyl sites for hydroxylation is 2. The van der Waals surface area contributed by atoms with Crippen molar-refractivity contribution >= 4 is 23.5 Å². The van der Waals surface area contributed by atoms with Crippen LogP contribution in [0.4, 0.5) is 5.69 Å². The monoisotopic (exact) mass is 526 g/mol. The molecule has 2 unspecified atom stereocenters. The summed E-state index contributed by atoms with van der Waals surface area (Å²) < 4.78 is 12.1. The molecule has 0 saturated carbocycles. The number of amides is 2. The number of benzene rings is 1. The summed E-state index contributed by atoms with van der Waals surface area (Å²) in [4.78, 5) is 45.5. The van der Waals surface area contributed by atoms with Gasteiger partial charge in [-0.25, -0.2) is 0 Å². The van der Waals surface area contributed by atoms with Crippen molar-refractivity contribution in [3.05, 3.63) is 42.0 Å². The number of likely N-dealkylation sites (tertiary alicyclic amines) is 1. The van der Waals surface area contributed by atoms with Crippen LogP contribution in [0.5, 0.6) is 0 Å². The standard InChI is InChI=1S/C30H42N2O6/c1-8-15-31(21-16-18(4)11-12-20(21)6)27(35)25-30-14-13-29(7,38-30)24(28(36)37-10-3)23(30)26(34)32(25)22(17-33)19(5)9-2/h8,11-12,16,19,22-25,33H,1,9-10,13-15,17H2,2-7H3/t19-,22-,23-,24-,25?,29+,30?/m0/s1. The minimum atomic E-state index is -1.18. The molecule has 1 aromatic carbocycles. The highest BCUT2D eigenvalue weighted by molar-refractivity contribution is 6.05. The van der Waals surface area contributed by atoms with Crippen LogP contribution in [-0.4, -0.2) is 70.8 Å². The Balaban J connectivity index is 1.89. The van der Waals surface area contributed by atoms with Gasteiger partial charge in [0.25, 0.3) is 5.91 Å². The molecule has 1 spiro atoms. The van der Waals surface area contributed by atoms with Gasteiger partial charge in [0, 0.05) is 12.2 Å². The molecule has 7 atom stereocenters. The van der Waals surface area contributed by atoms with Crippen LogP contribution in [0.1, 0.15) is 58.1 Å². The molecular formula is C30H42N2O6. The number of esters is 1. The van der Waals surface area contributed by atoms with Crippen LogP contribution in [-0.2, 0) is 23.9 Å². The van der Waals surface area contributed by atoms with E-state index in [4.69, 9.17) is 9.47 Å². The van der Waals surface area contributed by atoms with Crippen molar-refractivity contribution in [2.45, 2.75) is 84.1 Å². The fourth-order valence-corrected chi connectivity index (χ4v) is 7.00. The quantitative estimate of drug-likeness (QED) is 0.370. The lowest BCUT2D eigenvalue weighted by Crippen LogP contribution is -2.60. The third kappa shape index (κ3) is 4.16. The smallest absolute Gasteiger partial charge is 0.312 e. The van der Waals surface area contributed by atoms with E-state index in [2.05, 4.69) is 6.58 Å². The first-order valence-electron chi connectivity index (χ1n) is 13.8. The van der Waals surface area contributed by atoms with E-state index in [0.29, 0.717) is 19.3 Å². The zero-order chi connectivity index (χ0) is 28.0. The van der Waals surface area contributed by atoms with Gasteiger partial charge in [-0.3, -0.25) is 14.4 Å². The molecule has 3 saturated heterocycles. The summed E-state index contributed by atoms with van der Waals surface area (Å²) in [5.74, 6) is -2.81. The molecule has 208 valence electrons. The van der Waals surface area contributed by atoms with E-state index in [0.717, 1.165) is 16.8 Å². The Morgan fingerprint density at radius 2 is 2.03 bits per heavy atom. The first-order chi connectivity index (χ1) is 18.0. The zero-order valence-corrected chi connectivity index (χ0v) is 23.5. The Morgan fingerprint density at radius 1 is 1.32 bits per heavy atom. The lowest BCUT2D eigenvalue weighted by Gasteiger charge is -2.41. The van der Waals surface area contributed by atoms with E-state index in [1.807, 2.05) is 52.8 Å². The van der Waals surface area contributed by atoms with Crippen molar-refractivity contribution in [3.8, 4) is 0 Å². The number of nitrogens with zero attached hydrogens (tertiary/aromatic N) is 2. The number of fused-ring (bicyclic) bond motifs is 1. The average Bonchev–Trinajstić information content (AvgIpc) is 3.45. The third-order valence-corrected chi connectivity index (χ3v) is 9.07. The van der Waals surface area contributed by atoms with Crippen LogP contribution in [0.15, 0.2) is 30.9 Å². The maximum absolute atomic E-state index is 14.7. The number of aliphatic hydroxyl groups excluding tert-OH is 1.